The lowest BCUT2D eigenvalue weighted by molar-refractivity contribution is 0.0189. The summed E-state index contributed by atoms with van der Waals surface area (Å²) in [5.74, 6) is 0.960. The summed E-state index contributed by atoms with van der Waals surface area (Å²) in [4.78, 5) is 39.8. The van der Waals surface area contributed by atoms with Gasteiger partial charge in [-0.1, -0.05) is 0 Å². The molecule has 0 spiro atoms. The largest absolute Gasteiger partial charge is 0.444 e. The fraction of sp³-hybridized carbons (Fsp3) is 0.435. The standard InChI is InChI=1S/C23H27N5O4/c1-15-18(6-5-11-24-15)31-21-17-7-8-19(29)28(20(17)25-14-26-21)16-9-12-27(13-10-16)22(30)32-23(2,3)4/h5-8,11,14,16H,9-10,12-13H2,1-4H3. The molecule has 3 aromatic heterocycles. The van der Waals surface area contributed by atoms with Gasteiger partial charge in [0.1, 0.15) is 17.6 Å². The Labute approximate surface area is 186 Å². The van der Waals surface area contributed by atoms with Crippen molar-refractivity contribution in [2.75, 3.05) is 13.1 Å². The van der Waals surface area contributed by atoms with Gasteiger partial charge in [0.15, 0.2) is 5.75 Å². The lowest BCUT2D eigenvalue weighted by Crippen LogP contribution is -2.43. The maximum atomic E-state index is 12.8. The van der Waals surface area contributed by atoms with Gasteiger partial charge in [-0.05, 0) is 58.7 Å². The third-order valence-electron chi connectivity index (χ3n) is 5.33. The second-order valence-corrected chi connectivity index (χ2v) is 8.85. The first-order chi connectivity index (χ1) is 15.2. The molecule has 0 aliphatic carbocycles. The van der Waals surface area contributed by atoms with Crippen LogP contribution in [0, 0.1) is 6.92 Å². The van der Waals surface area contributed by atoms with E-state index >= 15 is 0 Å². The van der Waals surface area contributed by atoms with E-state index in [1.165, 1.54) is 12.4 Å². The maximum absolute atomic E-state index is 12.8. The van der Waals surface area contributed by atoms with Crippen LogP contribution in [0.15, 0.2) is 41.6 Å². The minimum absolute atomic E-state index is 0.0900. The molecule has 4 rings (SSSR count). The average molecular weight is 438 g/mol. The Bertz CT molecular complexity index is 1190. The fourth-order valence-corrected chi connectivity index (χ4v) is 3.80. The first kappa shape index (κ1) is 21.7. The Balaban J connectivity index is 1.60. The molecule has 1 aliphatic heterocycles. The molecule has 9 heteroatoms. The smallest absolute Gasteiger partial charge is 0.410 e. The zero-order chi connectivity index (χ0) is 22.9. The van der Waals surface area contributed by atoms with E-state index in [4.69, 9.17) is 9.47 Å². The summed E-state index contributed by atoms with van der Waals surface area (Å²) < 4.78 is 13.2. The highest BCUT2D eigenvalue weighted by atomic mass is 16.6. The fourth-order valence-electron chi connectivity index (χ4n) is 3.80. The van der Waals surface area contributed by atoms with Crippen molar-refractivity contribution < 1.29 is 14.3 Å². The minimum Gasteiger partial charge on any atom is -0.444 e. The number of nitrogens with zero attached hydrogens (tertiary/aromatic N) is 5. The number of fused-ring (bicyclic) bond motifs is 1. The summed E-state index contributed by atoms with van der Waals surface area (Å²) in [6.07, 6.45) is 4.02. The summed E-state index contributed by atoms with van der Waals surface area (Å²) in [6.45, 7) is 8.41. The number of hydrogen-bond acceptors (Lipinski definition) is 7. The summed E-state index contributed by atoms with van der Waals surface area (Å²) in [7, 11) is 0. The number of aryl methyl sites for hydroxylation is 1. The molecule has 0 aromatic carbocycles. The van der Waals surface area contributed by atoms with Crippen LogP contribution in [0.5, 0.6) is 11.6 Å². The Morgan fingerprint density at radius 2 is 1.84 bits per heavy atom. The molecular formula is C23H27N5O4. The Kier molecular flexibility index (Phi) is 5.82. The van der Waals surface area contributed by atoms with Gasteiger partial charge in [0.25, 0.3) is 5.56 Å². The van der Waals surface area contributed by atoms with Crippen LogP contribution in [0.3, 0.4) is 0 Å². The first-order valence-corrected chi connectivity index (χ1v) is 10.7. The van der Waals surface area contributed by atoms with Gasteiger partial charge in [0.2, 0.25) is 5.88 Å². The molecule has 1 aliphatic rings. The van der Waals surface area contributed by atoms with Gasteiger partial charge in [-0.3, -0.25) is 14.3 Å². The molecule has 3 aromatic rings. The van der Waals surface area contributed by atoms with E-state index in [2.05, 4.69) is 15.0 Å². The number of carbonyl (C=O) groups excluding carboxylic acids is 1. The lowest BCUT2D eigenvalue weighted by atomic mass is 10.0. The highest BCUT2D eigenvalue weighted by molar-refractivity contribution is 5.80. The Morgan fingerprint density at radius 1 is 1.09 bits per heavy atom. The molecule has 0 radical (unpaired) electrons. The van der Waals surface area contributed by atoms with E-state index in [1.807, 2.05) is 33.8 Å². The van der Waals surface area contributed by atoms with Gasteiger partial charge < -0.3 is 14.4 Å². The summed E-state index contributed by atoms with van der Waals surface area (Å²) in [5, 5.41) is 0.643. The molecule has 4 heterocycles. The number of aromatic nitrogens is 4. The molecule has 0 unspecified atom stereocenters. The van der Waals surface area contributed by atoms with Gasteiger partial charge in [0.05, 0.1) is 11.1 Å². The predicted molar refractivity (Wildman–Crippen MR) is 119 cm³/mol. The monoisotopic (exact) mass is 437 g/mol. The van der Waals surface area contributed by atoms with E-state index in [0.29, 0.717) is 48.6 Å². The Morgan fingerprint density at radius 3 is 2.53 bits per heavy atom. The number of pyridine rings is 2. The molecule has 0 saturated carbocycles. The van der Waals surface area contributed by atoms with Gasteiger partial charge >= 0.3 is 6.09 Å². The van der Waals surface area contributed by atoms with Crippen LogP contribution in [0.1, 0.15) is 45.3 Å². The van der Waals surface area contributed by atoms with Crippen LogP contribution in [0.4, 0.5) is 4.79 Å². The predicted octanol–water partition coefficient (Wildman–Crippen LogP) is 3.86. The van der Waals surface area contributed by atoms with Gasteiger partial charge in [0, 0.05) is 31.4 Å². The van der Waals surface area contributed by atoms with E-state index < -0.39 is 5.60 Å². The third-order valence-corrected chi connectivity index (χ3v) is 5.33. The van der Waals surface area contributed by atoms with E-state index in [9.17, 15) is 9.59 Å². The number of rotatable bonds is 3. The van der Waals surface area contributed by atoms with Crippen molar-refractivity contribution in [2.45, 2.75) is 52.2 Å². The second kappa shape index (κ2) is 8.57. The van der Waals surface area contributed by atoms with E-state index in [0.717, 1.165) is 5.69 Å². The number of carbonyl (C=O) groups is 1. The highest BCUT2D eigenvalue weighted by Crippen LogP contribution is 2.30. The average Bonchev–Trinajstić information content (AvgIpc) is 2.74. The van der Waals surface area contributed by atoms with Crippen LogP contribution in [-0.2, 0) is 4.74 Å². The van der Waals surface area contributed by atoms with E-state index in [1.54, 1.807) is 27.8 Å². The summed E-state index contributed by atoms with van der Waals surface area (Å²) >= 11 is 0. The molecule has 0 bridgehead atoms. The molecule has 0 atom stereocenters. The first-order valence-electron chi connectivity index (χ1n) is 10.7. The zero-order valence-corrected chi connectivity index (χ0v) is 18.7. The minimum atomic E-state index is -0.541. The molecule has 9 nitrogen and oxygen atoms in total. The number of amides is 1. The lowest BCUT2D eigenvalue weighted by Gasteiger charge is -2.34. The second-order valence-electron chi connectivity index (χ2n) is 8.85. The van der Waals surface area contributed by atoms with Crippen LogP contribution < -0.4 is 10.3 Å². The van der Waals surface area contributed by atoms with Crippen molar-refractivity contribution in [3.63, 3.8) is 0 Å². The molecule has 0 N–H and O–H groups in total. The summed E-state index contributed by atoms with van der Waals surface area (Å²) in [5.41, 5.74) is 0.567. The normalized spacial score (nSPS) is 15.1. The zero-order valence-electron chi connectivity index (χ0n) is 18.7. The number of likely N-dealkylation sites (tertiary alicyclic amines) is 1. The molecule has 1 amide bonds. The van der Waals surface area contributed by atoms with Gasteiger partial charge in [-0.2, -0.15) is 0 Å². The van der Waals surface area contributed by atoms with Crippen LogP contribution >= 0.6 is 0 Å². The third kappa shape index (κ3) is 4.56. The molecule has 1 saturated heterocycles. The molecule has 168 valence electrons. The van der Waals surface area contributed by atoms with Crippen molar-refractivity contribution in [1.29, 1.82) is 0 Å². The van der Waals surface area contributed by atoms with Crippen molar-refractivity contribution in [3.8, 4) is 11.6 Å². The number of hydrogen-bond donors (Lipinski definition) is 0. The van der Waals surface area contributed by atoms with Crippen LogP contribution in [0.25, 0.3) is 11.0 Å². The van der Waals surface area contributed by atoms with Crippen molar-refractivity contribution >= 4 is 17.1 Å². The summed E-state index contributed by atoms with van der Waals surface area (Å²) in [6, 6.07) is 6.71. The van der Waals surface area contributed by atoms with Crippen LogP contribution in [-0.4, -0.2) is 49.2 Å². The maximum Gasteiger partial charge on any atom is 0.410 e. The number of piperidine rings is 1. The van der Waals surface area contributed by atoms with Crippen molar-refractivity contribution in [1.82, 2.24) is 24.4 Å². The SMILES string of the molecule is Cc1ncccc1Oc1ncnc2c1ccc(=O)n2C1CCN(C(=O)OC(C)(C)C)CC1. The molecular weight excluding hydrogens is 410 g/mol. The van der Waals surface area contributed by atoms with Gasteiger partial charge in [-0.15, -0.1) is 0 Å². The quantitative estimate of drug-likeness (QED) is 0.613. The van der Waals surface area contributed by atoms with Crippen molar-refractivity contribution in [2.24, 2.45) is 0 Å². The molecule has 32 heavy (non-hydrogen) atoms. The Hall–Kier alpha value is -3.49. The van der Waals surface area contributed by atoms with Crippen molar-refractivity contribution in [3.05, 3.63) is 52.8 Å². The van der Waals surface area contributed by atoms with Gasteiger partial charge in [-0.25, -0.2) is 14.8 Å². The highest BCUT2D eigenvalue weighted by Gasteiger charge is 2.29. The molecule has 1 fully saturated rings. The van der Waals surface area contributed by atoms with Crippen LogP contribution in [0.2, 0.25) is 0 Å². The topological polar surface area (TPSA) is 99.4 Å². The number of ether oxygens (including phenoxy) is 2. The van der Waals surface area contributed by atoms with E-state index in [-0.39, 0.29) is 17.7 Å².